The minimum Gasteiger partial charge on any atom is -0.489 e. The van der Waals surface area contributed by atoms with Gasteiger partial charge in [-0.1, -0.05) is 54.1 Å². The average Bonchev–Trinajstić information content (AvgIpc) is 2.38. The van der Waals surface area contributed by atoms with Gasteiger partial charge >= 0.3 is 0 Å². The fourth-order valence-corrected chi connectivity index (χ4v) is 1.85. The molecule has 0 N–H and O–H groups in total. The van der Waals surface area contributed by atoms with Crippen LogP contribution in [0.1, 0.15) is 16.7 Å². The van der Waals surface area contributed by atoms with Crippen LogP contribution in [0.5, 0.6) is 5.75 Å². The zero-order valence-electron chi connectivity index (χ0n) is 10.9. The van der Waals surface area contributed by atoms with Crippen molar-refractivity contribution in [3.05, 3.63) is 71.3 Å². The molecule has 0 aliphatic rings. The third-order valence-corrected chi connectivity index (χ3v) is 2.78. The van der Waals surface area contributed by atoms with E-state index < -0.39 is 0 Å². The molecule has 2 rings (SSSR count). The number of hydrogen-bond donors (Lipinski definition) is 0. The van der Waals surface area contributed by atoms with Gasteiger partial charge in [0.2, 0.25) is 0 Å². The average molecular weight is 238 g/mol. The quantitative estimate of drug-likeness (QED) is 0.767. The molecule has 1 heteroatoms. The second-order valence-electron chi connectivity index (χ2n) is 4.39. The van der Waals surface area contributed by atoms with E-state index in [1.165, 1.54) is 16.7 Å². The summed E-state index contributed by atoms with van der Waals surface area (Å²) in [7, 11) is 0. The largest absolute Gasteiger partial charge is 0.489 e. The van der Waals surface area contributed by atoms with Crippen LogP contribution in [0.15, 0.2) is 54.6 Å². The van der Waals surface area contributed by atoms with Gasteiger partial charge in [0, 0.05) is 0 Å². The Kier molecular flexibility index (Phi) is 4.19. The molecule has 0 aliphatic carbocycles. The molecule has 92 valence electrons. The molecule has 0 radical (unpaired) electrons. The number of hydrogen-bond acceptors (Lipinski definition) is 1. The molecular formula is C17H18O. The number of aryl methyl sites for hydroxylation is 2. The van der Waals surface area contributed by atoms with Gasteiger partial charge in [-0.2, -0.15) is 0 Å². The molecule has 0 unspecified atom stereocenters. The Morgan fingerprint density at radius 2 is 1.78 bits per heavy atom. The van der Waals surface area contributed by atoms with E-state index in [2.05, 4.69) is 44.2 Å². The molecule has 18 heavy (non-hydrogen) atoms. The third-order valence-electron chi connectivity index (χ3n) is 2.78. The molecule has 0 atom stereocenters. The van der Waals surface area contributed by atoms with Gasteiger partial charge < -0.3 is 4.74 Å². The Labute approximate surface area is 109 Å². The first-order valence-corrected chi connectivity index (χ1v) is 6.17. The van der Waals surface area contributed by atoms with Crippen LogP contribution in [-0.4, -0.2) is 6.61 Å². The molecule has 0 fully saturated rings. The first-order valence-electron chi connectivity index (χ1n) is 6.17. The van der Waals surface area contributed by atoms with E-state index in [-0.39, 0.29) is 0 Å². The second-order valence-corrected chi connectivity index (χ2v) is 4.39. The SMILES string of the molecule is Cc1ccc(OCC=Cc2ccccc2)c(C)c1. The van der Waals surface area contributed by atoms with Gasteiger partial charge in [0.15, 0.2) is 0 Å². The minimum atomic E-state index is 0.596. The van der Waals surface area contributed by atoms with Crippen molar-refractivity contribution in [2.75, 3.05) is 6.61 Å². The van der Waals surface area contributed by atoms with Crippen molar-refractivity contribution in [1.82, 2.24) is 0 Å². The van der Waals surface area contributed by atoms with Gasteiger partial charge in [0.05, 0.1) is 0 Å². The van der Waals surface area contributed by atoms with Gasteiger partial charge in [0.1, 0.15) is 12.4 Å². The Morgan fingerprint density at radius 1 is 1.00 bits per heavy atom. The Hall–Kier alpha value is -2.02. The highest BCUT2D eigenvalue weighted by Gasteiger charge is 1.97. The highest BCUT2D eigenvalue weighted by molar-refractivity contribution is 5.48. The minimum absolute atomic E-state index is 0.596. The van der Waals surface area contributed by atoms with Gasteiger partial charge in [-0.25, -0.2) is 0 Å². The zero-order chi connectivity index (χ0) is 12.8. The predicted molar refractivity (Wildman–Crippen MR) is 76.9 cm³/mol. The van der Waals surface area contributed by atoms with Crippen molar-refractivity contribution >= 4 is 6.08 Å². The molecule has 0 aliphatic heterocycles. The number of ether oxygens (including phenoxy) is 1. The van der Waals surface area contributed by atoms with E-state index >= 15 is 0 Å². The molecule has 0 spiro atoms. The van der Waals surface area contributed by atoms with Crippen LogP contribution in [0, 0.1) is 13.8 Å². The van der Waals surface area contributed by atoms with E-state index in [1.807, 2.05) is 30.3 Å². The molecule has 0 saturated carbocycles. The van der Waals surface area contributed by atoms with Gasteiger partial charge in [0.25, 0.3) is 0 Å². The number of benzene rings is 2. The summed E-state index contributed by atoms with van der Waals surface area (Å²) in [5.41, 5.74) is 3.64. The summed E-state index contributed by atoms with van der Waals surface area (Å²) in [4.78, 5) is 0. The van der Waals surface area contributed by atoms with Gasteiger partial charge in [-0.05, 0) is 37.1 Å². The van der Waals surface area contributed by atoms with Crippen LogP contribution >= 0.6 is 0 Å². The van der Waals surface area contributed by atoms with Crippen molar-refractivity contribution in [3.63, 3.8) is 0 Å². The molecular weight excluding hydrogens is 220 g/mol. The lowest BCUT2D eigenvalue weighted by molar-refractivity contribution is 0.361. The Balaban J connectivity index is 1.91. The second kappa shape index (κ2) is 6.06. The molecule has 0 saturated heterocycles. The third kappa shape index (κ3) is 3.49. The van der Waals surface area contributed by atoms with E-state index in [4.69, 9.17) is 4.74 Å². The van der Waals surface area contributed by atoms with Crippen molar-refractivity contribution in [1.29, 1.82) is 0 Å². The molecule has 2 aromatic carbocycles. The molecule has 0 heterocycles. The topological polar surface area (TPSA) is 9.23 Å². The van der Waals surface area contributed by atoms with Crippen molar-refractivity contribution in [2.24, 2.45) is 0 Å². The van der Waals surface area contributed by atoms with Crippen LogP contribution in [0.3, 0.4) is 0 Å². The zero-order valence-corrected chi connectivity index (χ0v) is 10.9. The maximum atomic E-state index is 5.73. The summed E-state index contributed by atoms with van der Waals surface area (Å²) in [5, 5.41) is 0. The van der Waals surface area contributed by atoms with E-state index in [0.717, 1.165) is 5.75 Å². The molecule has 0 amide bonds. The highest BCUT2D eigenvalue weighted by atomic mass is 16.5. The van der Waals surface area contributed by atoms with Gasteiger partial charge in [-0.3, -0.25) is 0 Å². The Bertz CT molecular complexity index is 527. The molecule has 2 aromatic rings. The lowest BCUT2D eigenvalue weighted by atomic mass is 10.1. The maximum absolute atomic E-state index is 5.73. The highest BCUT2D eigenvalue weighted by Crippen LogP contribution is 2.18. The fraction of sp³-hybridized carbons (Fsp3) is 0.176. The first-order chi connectivity index (χ1) is 8.75. The van der Waals surface area contributed by atoms with E-state index in [1.54, 1.807) is 0 Å². The summed E-state index contributed by atoms with van der Waals surface area (Å²) in [6.07, 6.45) is 4.11. The van der Waals surface area contributed by atoms with Crippen LogP contribution in [0.25, 0.3) is 6.08 Å². The van der Waals surface area contributed by atoms with Crippen molar-refractivity contribution < 1.29 is 4.74 Å². The maximum Gasteiger partial charge on any atom is 0.122 e. The van der Waals surface area contributed by atoms with Crippen molar-refractivity contribution in [3.8, 4) is 5.75 Å². The summed E-state index contributed by atoms with van der Waals surface area (Å²) in [5.74, 6) is 0.957. The monoisotopic (exact) mass is 238 g/mol. The van der Waals surface area contributed by atoms with Crippen LogP contribution in [0.2, 0.25) is 0 Å². The van der Waals surface area contributed by atoms with E-state index in [0.29, 0.717) is 6.61 Å². The Morgan fingerprint density at radius 3 is 2.50 bits per heavy atom. The summed E-state index contributed by atoms with van der Waals surface area (Å²) in [6.45, 7) is 4.76. The number of rotatable bonds is 4. The van der Waals surface area contributed by atoms with Gasteiger partial charge in [-0.15, -0.1) is 0 Å². The first kappa shape index (κ1) is 12.4. The fourth-order valence-electron chi connectivity index (χ4n) is 1.85. The normalized spacial score (nSPS) is 10.8. The lowest BCUT2D eigenvalue weighted by Crippen LogP contribution is -1.95. The summed E-state index contributed by atoms with van der Waals surface area (Å²) in [6, 6.07) is 16.5. The smallest absolute Gasteiger partial charge is 0.122 e. The van der Waals surface area contributed by atoms with Crippen LogP contribution in [0.4, 0.5) is 0 Å². The van der Waals surface area contributed by atoms with Crippen LogP contribution in [-0.2, 0) is 0 Å². The molecule has 1 nitrogen and oxygen atoms in total. The van der Waals surface area contributed by atoms with Crippen LogP contribution < -0.4 is 4.74 Å². The lowest BCUT2D eigenvalue weighted by Gasteiger charge is -2.07. The molecule has 0 bridgehead atoms. The predicted octanol–water partition coefficient (Wildman–Crippen LogP) is 4.40. The van der Waals surface area contributed by atoms with Crippen molar-refractivity contribution in [2.45, 2.75) is 13.8 Å². The summed E-state index contributed by atoms with van der Waals surface area (Å²) < 4.78 is 5.73. The molecule has 0 aromatic heterocycles. The summed E-state index contributed by atoms with van der Waals surface area (Å²) >= 11 is 0. The van der Waals surface area contributed by atoms with E-state index in [9.17, 15) is 0 Å². The standard InChI is InChI=1S/C17H18O/c1-14-10-11-17(15(2)13-14)18-12-6-9-16-7-4-3-5-8-16/h3-11,13H,12H2,1-2H3.